The molecular weight excluding hydrogens is 430 g/mol. The summed E-state index contributed by atoms with van der Waals surface area (Å²) in [5.74, 6) is 1.40. The van der Waals surface area contributed by atoms with Gasteiger partial charge in [-0.2, -0.15) is 0 Å². The van der Waals surface area contributed by atoms with Crippen molar-refractivity contribution >= 4 is 11.6 Å². The van der Waals surface area contributed by atoms with Crippen molar-refractivity contribution in [3.8, 4) is 11.5 Å². The predicted molar refractivity (Wildman–Crippen MR) is 132 cm³/mol. The van der Waals surface area contributed by atoms with E-state index in [0.29, 0.717) is 24.2 Å². The number of carbonyl (C=O) groups is 1. The summed E-state index contributed by atoms with van der Waals surface area (Å²) in [6.07, 6.45) is 4.44. The van der Waals surface area contributed by atoms with Crippen molar-refractivity contribution < 1.29 is 19.0 Å². The summed E-state index contributed by atoms with van der Waals surface area (Å²) in [5.41, 5.74) is 2.81. The number of hydrogen-bond donors (Lipinski definition) is 2. The highest BCUT2D eigenvalue weighted by molar-refractivity contribution is 5.94. The van der Waals surface area contributed by atoms with Gasteiger partial charge in [-0.15, -0.1) is 0 Å². The number of nitrogens with one attached hydrogen (secondary N) is 2. The Morgan fingerprint density at radius 2 is 1.76 bits per heavy atom. The minimum Gasteiger partial charge on any atom is -0.454 e. The second-order valence-corrected chi connectivity index (χ2v) is 10.1. The summed E-state index contributed by atoms with van der Waals surface area (Å²) < 4.78 is 16.6. The second-order valence-electron chi connectivity index (χ2n) is 10.1. The Labute approximate surface area is 201 Å². The molecule has 3 aliphatic rings. The molecule has 2 N–H and O–H groups in total. The zero-order chi connectivity index (χ0) is 23.5. The number of anilines is 1. The van der Waals surface area contributed by atoms with Crippen molar-refractivity contribution in [1.29, 1.82) is 0 Å². The van der Waals surface area contributed by atoms with Crippen LogP contribution < -0.4 is 25.0 Å². The quantitative estimate of drug-likeness (QED) is 0.675. The maximum atomic E-state index is 12.6. The van der Waals surface area contributed by atoms with Crippen LogP contribution in [-0.4, -0.2) is 50.1 Å². The fourth-order valence-corrected chi connectivity index (χ4v) is 5.17. The van der Waals surface area contributed by atoms with Crippen LogP contribution in [0, 0.1) is 0 Å². The molecule has 34 heavy (non-hydrogen) atoms. The molecule has 0 bridgehead atoms. The van der Waals surface area contributed by atoms with E-state index in [1.54, 1.807) is 0 Å². The van der Waals surface area contributed by atoms with Crippen LogP contribution in [-0.2, 0) is 11.3 Å². The largest absolute Gasteiger partial charge is 0.454 e. The lowest BCUT2D eigenvalue weighted by Crippen LogP contribution is -2.50. The first kappa shape index (κ1) is 23.0. The van der Waals surface area contributed by atoms with Crippen LogP contribution in [0.3, 0.4) is 0 Å². The lowest BCUT2D eigenvalue weighted by atomic mass is 9.92. The molecule has 0 radical (unpaired) electrons. The van der Waals surface area contributed by atoms with E-state index in [0.717, 1.165) is 62.4 Å². The molecule has 2 fully saturated rings. The Hall–Kier alpha value is -2.77. The molecule has 2 saturated heterocycles. The third-order valence-electron chi connectivity index (χ3n) is 7.05. The summed E-state index contributed by atoms with van der Waals surface area (Å²) in [5, 5.41) is 6.87. The minimum atomic E-state index is -0.0773. The first-order valence-corrected chi connectivity index (χ1v) is 12.4. The van der Waals surface area contributed by atoms with Gasteiger partial charge in [0.25, 0.3) is 5.91 Å². The molecular formula is C27H35N3O4. The van der Waals surface area contributed by atoms with Crippen molar-refractivity contribution in [2.75, 3.05) is 31.4 Å². The average Bonchev–Trinajstić information content (AvgIpc) is 3.30. The van der Waals surface area contributed by atoms with Gasteiger partial charge in [0.1, 0.15) is 0 Å². The Kier molecular flexibility index (Phi) is 6.66. The maximum absolute atomic E-state index is 12.6. The molecule has 2 aromatic rings. The number of nitrogens with zero attached hydrogens (tertiary/aromatic N) is 1. The number of fused-ring (bicyclic) bond motifs is 1. The van der Waals surface area contributed by atoms with Gasteiger partial charge >= 0.3 is 0 Å². The molecule has 2 aromatic carbocycles. The third kappa shape index (κ3) is 5.47. The van der Waals surface area contributed by atoms with Gasteiger partial charge in [0.15, 0.2) is 11.5 Å². The fraction of sp³-hybridized carbons (Fsp3) is 0.519. The van der Waals surface area contributed by atoms with Gasteiger partial charge in [0, 0.05) is 49.6 Å². The van der Waals surface area contributed by atoms with Crippen molar-refractivity contribution in [3.05, 3.63) is 53.6 Å². The van der Waals surface area contributed by atoms with Crippen molar-refractivity contribution in [1.82, 2.24) is 10.6 Å². The molecule has 0 spiro atoms. The first-order chi connectivity index (χ1) is 16.4. The van der Waals surface area contributed by atoms with Crippen LogP contribution in [0.5, 0.6) is 11.5 Å². The average molecular weight is 466 g/mol. The molecule has 0 saturated carbocycles. The lowest BCUT2D eigenvalue weighted by Gasteiger charge is -2.40. The Bertz CT molecular complexity index is 999. The summed E-state index contributed by atoms with van der Waals surface area (Å²) in [6, 6.07) is 14.8. The van der Waals surface area contributed by atoms with E-state index in [4.69, 9.17) is 14.2 Å². The molecule has 5 rings (SSSR count). The fourth-order valence-electron chi connectivity index (χ4n) is 5.17. The molecule has 0 unspecified atom stereocenters. The summed E-state index contributed by atoms with van der Waals surface area (Å²) in [4.78, 5) is 15.0. The molecule has 7 nitrogen and oxygen atoms in total. The maximum Gasteiger partial charge on any atom is 0.251 e. The van der Waals surface area contributed by atoms with Gasteiger partial charge in [-0.05, 0) is 81.5 Å². The summed E-state index contributed by atoms with van der Waals surface area (Å²) in [6.45, 7) is 7.97. The summed E-state index contributed by atoms with van der Waals surface area (Å²) in [7, 11) is 0. The zero-order valence-electron chi connectivity index (χ0n) is 20.1. The highest BCUT2D eigenvalue weighted by Gasteiger charge is 2.31. The van der Waals surface area contributed by atoms with E-state index in [9.17, 15) is 4.79 Å². The Balaban J connectivity index is 1.09. The van der Waals surface area contributed by atoms with Crippen LogP contribution in [0.15, 0.2) is 42.5 Å². The van der Waals surface area contributed by atoms with Gasteiger partial charge in [-0.3, -0.25) is 4.79 Å². The monoisotopic (exact) mass is 465 g/mol. The number of ether oxygens (including phenoxy) is 3. The van der Waals surface area contributed by atoms with E-state index in [1.807, 2.05) is 30.3 Å². The van der Waals surface area contributed by atoms with Crippen molar-refractivity contribution in [3.63, 3.8) is 0 Å². The van der Waals surface area contributed by atoms with E-state index in [1.165, 1.54) is 5.69 Å². The highest BCUT2D eigenvalue weighted by atomic mass is 16.7. The molecule has 1 atom stereocenters. The van der Waals surface area contributed by atoms with E-state index >= 15 is 0 Å². The van der Waals surface area contributed by atoms with Gasteiger partial charge in [-0.1, -0.05) is 6.07 Å². The van der Waals surface area contributed by atoms with Crippen molar-refractivity contribution in [2.24, 2.45) is 0 Å². The van der Waals surface area contributed by atoms with E-state index in [2.05, 4.69) is 41.5 Å². The highest BCUT2D eigenvalue weighted by Crippen LogP contribution is 2.32. The topological polar surface area (TPSA) is 72.1 Å². The van der Waals surface area contributed by atoms with Crippen LogP contribution in [0.4, 0.5) is 5.69 Å². The first-order valence-electron chi connectivity index (χ1n) is 12.4. The van der Waals surface area contributed by atoms with E-state index in [-0.39, 0.29) is 18.3 Å². The van der Waals surface area contributed by atoms with Crippen LogP contribution in [0.25, 0.3) is 0 Å². The lowest BCUT2D eigenvalue weighted by molar-refractivity contribution is -0.0644. The van der Waals surface area contributed by atoms with Gasteiger partial charge in [-0.25, -0.2) is 0 Å². The number of benzene rings is 2. The Morgan fingerprint density at radius 3 is 2.53 bits per heavy atom. The van der Waals surface area contributed by atoms with Gasteiger partial charge < -0.3 is 29.7 Å². The third-order valence-corrected chi connectivity index (χ3v) is 7.05. The van der Waals surface area contributed by atoms with Crippen LogP contribution >= 0.6 is 0 Å². The van der Waals surface area contributed by atoms with Crippen LogP contribution in [0.1, 0.15) is 55.5 Å². The molecule has 3 heterocycles. The zero-order valence-corrected chi connectivity index (χ0v) is 20.1. The smallest absolute Gasteiger partial charge is 0.251 e. The normalized spacial score (nSPS) is 21.9. The molecule has 0 aromatic heterocycles. The predicted octanol–water partition coefficient (Wildman–Crippen LogP) is 3.86. The summed E-state index contributed by atoms with van der Waals surface area (Å²) >= 11 is 0. The number of piperidine rings is 1. The van der Waals surface area contributed by atoms with Crippen molar-refractivity contribution in [2.45, 2.75) is 63.8 Å². The molecule has 7 heteroatoms. The molecule has 1 amide bonds. The number of carbonyl (C=O) groups excluding carboxylic acids is 1. The minimum absolute atomic E-state index is 0.0187. The molecule has 182 valence electrons. The van der Waals surface area contributed by atoms with Gasteiger partial charge in [0.05, 0.1) is 5.60 Å². The number of rotatable bonds is 6. The van der Waals surface area contributed by atoms with Crippen LogP contribution in [0.2, 0.25) is 0 Å². The SMILES string of the molecule is CC1(C)C[C@@H](NC2CCN(c3ccc(C(=O)NCc4ccc5c(c4)OCO5)cc3)CC2)CCO1. The van der Waals surface area contributed by atoms with Gasteiger partial charge in [0.2, 0.25) is 6.79 Å². The molecule has 3 aliphatic heterocycles. The second kappa shape index (κ2) is 9.84. The number of hydrogen-bond acceptors (Lipinski definition) is 6. The molecule has 0 aliphatic carbocycles. The van der Waals surface area contributed by atoms with E-state index < -0.39 is 0 Å². The Morgan fingerprint density at radius 1 is 1.00 bits per heavy atom. The standard InChI is InChI=1S/C27H35N3O4/c1-27(2)16-22(11-14-34-27)29-21-9-12-30(13-10-21)23-6-4-20(5-7-23)26(31)28-17-19-3-8-24-25(15-19)33-18-32-24/h3-8,15,21-22,29H,9-14,16-18H2,1-2H3,(H,28,31)/t22-/m0/s1. The number of amides is 1.